The molecule has 144 valence electrons. The van der Waals surface area contributed by atoms with Crippen molar-refractivity contribution in [1.82, 2.24) is 4.90 Å². The van der Waals surface area contributed by atoms with E-state index in [0.29, 0.717) is 6.42 Å². The number of carbonyl (C=O) groups is 1. The number of hydrogen-bond donors (Lipinski definition) is 1. The number of hydrogen-bond acceptors (Lipinski definition) is 4. The van der Waals surface area contributed by atoms with Crippen molar-refractivity contribution in [1.29, 1.82) is 0 Å². The standard InChI is InChI=1S/C20H30N2O3S/c1-15-8-9-19(16(2)12-15)21-13-20(23)22(17-6-4-3-5-7-17)18-10-11-26(24,25)14-18/h8-9,12,17-18,21H,3-7,10-11,13-14H2,1-2H3. The summed E-state index contributed by atoms with van der Waals surface area (Å²) < 4.78 is 23.9. The van der Waals surface area contributed by atoms with Gasteiger partial charge in [0.25, 0.3) is 0 Å². The average molecular weight is 379 g/mol. The van der Waals surface area contributed by atoms with Crippen LogP contribution >= 0.6 is 0 Å². The van der Waals surface area contributed by atoms with E-state index in [1.807, 2.05) is 30.9 Å². The van der Waals surface area contributed by atoms with Crippen LogP contribution in [0.15, 0.2) is 18.2 Å². The SMILES string of the molecule is Cc1ccc(NCC(=O)N(C2CCCCC2)C2CCS(=O)(=O)C2)c(C)c1. The maximum absolute atomic E-state index is 13.1. The Labute approximate surface area is 157 Å². The van der Waals surface area contributed by atoms with Crippen molar-refractivity contribution in [3.05, 3.63) is 29.3 Å². The van der Waals surface area contributed by atoms with Crippen LogP contribution < -0.4 is 5.32 Å². The molecule has 1 aliphatic heterocycles. The Balaban J connectivity index is 1.71. The van der Waals surface area contributed by atoms with E-state index in [-0.39, 0.29) is 36.0 Å². The molecule has 5 nitrogen and oxygen atoms in total. The molecule has 0 aromatic heterocycles. The molecule has 1 saturated heterocycles. The molecule has 2 aliphatic rings. The van der Waals surface area contributed by atoms with Gasteiger partial charge in [-0.15, -0.1) is 0 Å². The van der Waals surface area contributed by atoms with Gasteiger partial charge in [-0.1, -0.05) is 37.0 Å². The molecule has 1 aromatic rings. The topological polar surface area (TPSA) is 66.5 Å². The predicted octanol–water partition coefficient (Wildman–Crippen LogP) is 3.06. The minimum Gasteiger partial charge on any atom is -0.376 e. The summed E-state index contributed by atoms with van der Waals surface area (Å²) in [4.78, 5) is 15.0. The van der Waals surface area contributed by atoms with E-state index in [1.165, 1.54) is 12.0 Å². The van der Waals surface area contributed by atoms with Crippen molar-refractivity contribution in [2.75, 3.05) is 23.4 Å². The quantitative estimate of drug-likeness (QED) is 0.855. The fourth-order valence-electron chi connectivity index (χ4n) is 4.33. The summed E-state index contributed by atoms with van der Waals surface area (Å²) in [5.41, 5.74) is 3.27. The molecule has 2 fully saturated rings. The fourth-order valence-corrected chi connectivity index (χ4v) is 6.04. The average Bonchev–Trinajstić information content (AvgIpc) is 2.95. The first-order valence-corrected chi connectivity index (χ1v) is 11.5. The molecule has 1 saturated carbocycles. The van der Waals surface area contributed by atoms with Crippen LogP contribution in [0.2, 0.25) is 0 Å². The molecule has 1 unspecified atom stereocenters. The fraction of sp³-hybridized carbons (Fsp3) is 0.650. The lowest BCUT2D eigenvalue weighted by Crippen LogP contribution is -2.50. The Hall–Kier alpha value is -1.56. The van der Waals surface area contributed by atoms with Crippen LogP contribution in [-0.4, -0.2) is 49.4 Å². The van der Waals surface area contributed by atoms with Gasteiger partial charge in [-0.05, 0) is 44.7 Å². The lowest BCUT2D eigenvalue weighted by Gasteiger charge is -2.38. The summed E-state index contributed by atoms with van der Waals surface area (Å²) in [6.45, 7) is 4.30. The molecule has 6 heteroatoms. The van der Waals surface area contributed by atoms with Gasteiger partial charge in [-0.25, -0.2) is 8.42 Å². The lowest BCUT2D eigenvalue weighted by atomic mass is 9.93. The zero-order valence-corrected chi connectivity index (χ0v) is 16.6. The van der Waals surface area contributed by atoms with E-state index in [1.54, 1.807) is 0 Å². The van der Waals surface area contributed by atoms with Crippen molar-refractivity contribution in [2.45, 2.75) is 64.5 Å². The second kappa shape index (κ2) is 7.99. The molecule has 1 N–H and O–H groups in total. The normalized spacial score (nSPS) is 22.9. The van der Waals surface area contributed by atoms with Crippen molar-refractivity contribution in [3.8, 4) is 0 Å². The zero-order chi connectivity index (χ0) is 18.7. The monoisotopic (exact) mass is 378 g/mol. The third-order valence-corrected chi connectivity index (χ3v) is 7.42. The first-order valence-electron chi connectivity index (χ1n) is 9.68. The first kappa shape index (κ1) is 19.2. The second-order valence-corrected chi connectivity index (χ2v) is 10.1. The Bertz CT molecular complexity index is 754. The van der Waals surface area contributed by atoms with Gasteiger partial charge < -0.3 is 10.2 Å². The molecule has 1 amide bonds. The highest BCUT2D eigenvalue weighted by Gasteiger charge is 2.38. The predicted molar refractivity (Wildman–Crippen MR) is 105 cm³/mol. The number of nitrogens with zero attached hydrogens (tertiary/aromatic N) is 1. The van der Waals surface area contributed by atoms with Crippen LogP contribution in [0.1, 0.15) is 49.7 Å². The summed E-state index contributed by atoms with van der Waals surface area (Å²) in [5, 5.41) is 3.26. The van der Waals surface area contributed by atoms with E-state index in [0.717, 1.165) is 36.9 Å². The van der Waals surface area contributed by atoms with Crippen molar-refractivity contribution in [3.63, 3.8) is 0 Å². The number of carbonyl (C=O) groups excluding carboxylic acids is 1. The highest BCUT2D eigenvalue weighted by molar-refractivity contribution is 7.91. The molecule has 0 radical (unpaired) electrons. The van der Waals surface area contributed by atoms with Gasteiger partial charge in [-0.3, -0.25) is 4.79 Å². The molecule has 26 heavy (non-hydrogen) atoms. The number of nitrogens with one attached hydrogen (secondary N) is 1. The van der Waals surface area contributed by atoms with Crippen LogP contribution in [0.5, 0.6) is 0 Å². The summed E-state index contributed by atoms with van der Waals surface area (Å²) >= 11 is 0. The highest BCUT2D eigenvalue weighted by Crippen LogP contribution is 2.28. The van der Waals surface area contributed by atoms with Crippen molar-refractivity contribution in [2.24, 2.45) is 0 Å². The highest BCUT2D eigenvalue weighted by atomic mass is 32.2. The van der Waals surface area contributed by atoms with E-state index >= 15 is 0 Å². The van der Waals surface area contributed by atoms with E-state index in [2.05, 4.69) is 11.4 Å². The summed E-state index contributed by atoms with van der Waals surface area (Å²) in [7, 11) is -3.01. The Morgan fingerprint density at radius 2 is 1.85 bits per heavy atom. The molecule has 0 bridgehead atoms. The van der Waals surface area contributed by atoms with E-state index in [9.17, 15) is 13.2 Å². The second-order valence-electron chi connectivity index (χ2n) is 7.82. The Morgan fingerprint density at radius 1 is 1.12 bits per heavy atom. The minimum atomic E-state index is -3.01. The van der Waals surface area contributed by atoms with E-state index in [4.69, 9.17) is 0 Å². The Kier molecular flexibility index (Phi) is 5.90. The molecule has 1 heterocycles. The molecule has 3 rings (SSSR count). The largest absolute Gasteiger partial charge is 0.376 e. The zero-order valence-electron chi connectivity index (χ0n) is 15.8. The van der Waals surface area contributed by atoms with Gasteiger partial charge >= 0.3 is 0 Å². The number of rotatable bonds is 5. The first-order chi connectivity index (χ1) is 12.4. The summed E-state index contributed by atoms with van der Waals surface area (Å²) in [6, 6.07) is 6.16. The number of amides is 1. The number of benzene rings is 1. The van der Waals surface area contributed by atoms with Crippen LogP contribution in [0.4, 0.5) is 5.69 Å². The van der Waals surface area contributed by atoms with E-state index < -0.39 is 9.84 Å². The van der Waals surface area contributed by atoms with Crippen LogP contribution in [0.3, 0.4) is 0 Å². The Morgan fingerprint density at radius 3 is 2.46 bits per heavy atom. The van der Waals surface area contributed by atoms with Gasteiger partial charge in [-0.2, -0.15) is 0 Å². The maximum atomic E-state index is 13.1. The summed E-state index contributed by atoms with van der Waals surface area (Å²) in [6.07, 6.45) is 6.02. The molecule has 1 atom stereocenters. The number of sulfone groups is 1. The van der Waals surface area contributed by atoms with Crippen LogP contribution in [-0.2, 0) is 14.6 Å². The van der Waals surface area contributed by atoms with Gasteiger partial charge in [0.2, 0.25) is 5.91 Å². The molecular formula is C20H30N2O3S. The van der Waals surface area contributed by atoms with Gasteiger partial charge in [0.05, 0.1) is 18.1 Å². The van der Waals surface area contributed by atoms with Crippen molar-refractivity contribution >= 4 is 21.4 Å². The van der Waals surface area contributed by atoms with Gasteiger partial charge in [0.15, 0.2) is 9.84 Å². The van der Waals surface area contributed by atoms with Gasteiger partial charge in [0, 0.05) is 17.8 Å². The minimum absolute atomic E-state index is 0.0268. The third-order valence-electron chi connectivity index (χ3n) is 5.67. The molecule has 1 aliphatic carbocycles. The lowest BCUT2D eigenvalue weighted by molar-refractivity contribution is -0.134. The molecule has 0 spiro atoms. The maximum Gasteiger partial charge on any atom is 0.242 e. The van der Waals surface area contributed by atoms with Crippen LogP contribution in [0, 0.1) is 13.8 Å². The summed E-state index contributed by atoms with van der Waals surface area (Å²) in [5.74, 6) is 0.358. The van der Waals surface area contributed by atoms with Gasteiger partial charge in [0.1, 0.15) is 0 Å². The molecular weight excluding hydrogens is 348 g/mol. The molecule has 1 aromatic carbocycles. The smallest absolute Gasteiger partial charge is 0.242 e. The van der Waals surface area contributed by atoms with Crippen LogP contribution in [0.25, 0.3) is 0 Å². The number of aryl methyl sites for hydroxylation is 2. The number of anilines is 1. The third kappa shape index (κ3) is 4.58. The van der Waals surface area contributed by atoms with Crippen molar-refractivity contribution < 1.29 is 13.2 Å².